The highest BCUT2D eigenvalue weighted by molar-refractivity contribution is 5.77. The van der Waals surface area contributed by atoms with Crippen LogP contribution in [0, 0.1) is 0 Å². The molecule has 0 bridgehead atoms. The number of rotatable bonds is 1. The van der Waals surface area contributed by atoms with Crippen molar-refractivity contribution in [3.8, 4) is 0 Å². The summed E-state index contributed by atoms with van der Waals surface area (Å²) in [6.07, 6.45) is 1.57. The highest BCUT2D eigenvalue weighted by Crippen LogP contribution is 2.34. The number of para-hydroxylation sites is 1. The first kappa shape index (κ1) is 11.5. The van der Waals surface area contributed by atoms with Gasteiger partial charge in [0.2, 0.25) is 0 Å². The van der Waals surface area contributed by atoms with Gasteiger partial charge >= 0.3 is 5.97 Å². The van der Waals surface area contributed by atoms with Gasteiger partial charge in [0.15, 0.2) is 0 Å². The fourth-order valence-electron chi connectivity index (χ4n) is 2.78. The normalized spacial score (nSPS) is 30.4. The van der Waals surface area contributed by atoms with Crippen LogP contribution in [0.1, 0.15) is 25.8 Å². The number of carbonyl (C=O) groups is 1. The molecular formula is C14H18N2O2. The van der Waals surface area contributed by atoms with E-state index in [1.165, 1.54) is 11.3 Å². The van der Waals surface area contributed by atoms with Gasteiger partial charge in [-0.25, -0.2) is 5.43 Å². The van der Waals surface area contributed by atoms with Gasteiger partial charge < -0.3 is 9.75 Å². The van der Waals surface area contributed by atoms with Crippen molar-refractivity contribution in [2.24, 2.45) is 0 Å². The summed E-state index contributed by atoms with van der Waals surface area (Å²) in [4.78, 5) is 11.9. The number of anilines is 1. The quantitative estimate of drug-likeness (QED) is 0.765. The second-order valence-electron chi connectivity index (χ2n) is 5.00. The van der Waals surface area contributed by atoms with Crippen molar-refractivity contribution in [1.29, 1.82) is 0 Å². The smallest absolute Gasteiger partial charge is 0.325 e. The SMILES string of the molecule is CC[C@H]1NN2c3ccccc3C[C@H]2[C@H](C)OC1=O. The largest absolute Gasteiger partial charge is 0.459 e. The van der Waals surface area contributed by atoms with E-state index in [2.05, 4.69) is 28.6 Å². The lowest BCUT2D eigenvalue weighted by molar-refractivity contribution is -0.149. The van der Waals surface area contributed by atoms with Crippen LogP contribution in [-0.2, 0) is 16.0 Å². The highest BCUT2D eigenvalue weighted by Gasteiger charge is 2.40. The van der Waals surface area contributed by atoms with Crippen LogP contribution in [-0.4, -0.2) is 24.2 Å². The molecule has 3 rings (SSSR count). The van der Waals surface area contributed by atoms with Crippen LogP contribution in [0.25, 0.3) is 0 Å². The molecule has 96 valence electrons. The van der Waals surface area contributed by atoms with E-state index in [4.69, 9.17) is 4.74 Å². The molecule has 0 aromatic heterocycles. The average molecular weight is 246 g/mol. The third-order valence-electron chi connectivity index (χ3n) is 3.84. The summed E-state index contributed by atoms with van der Waals surface area (Å²) in [6.45, 7) is 3.97. The molecule has 18 heavy (non-hydrogen) atoms. The van der Waals surface area contributed by atoms with E-state index in [1.54, 1.807) is 0 Å². The molecule has 1 fully saturated rings. The zero-order valence-electron chi connectivity index (χ0n) is 10.7. The van der Waals surface area contributed by atoms with Crippen molar-refractivity contribution in [2.75, 3.05) is 5.01 Å². The Morgan fingerprint density at radius 3 is 3.00 bits per heavy atom. The van der Waals surface area contributed by atoms with Crippen LogP contribution in [0.15, 0.2) is 24.3 Å². The molecule has 4 heteroatoms. The lowest BCUT2D eigenvalue weighted by Gasteiger charge is -2.28. The van der Waals surface area contributed by atoms with Gasteiger partial charge in [-0.05, 0) is 25.0 Å². The Bertz CT molecular complexity index is 475. The molecule has 0 unspecified atom stereocenters. The van der Waals surface area contributed by atoms with Crippen LogP contribution in [0.5, 0.6) is 0 Å². The number of hydrogen-bond acceptors (Lipinski definition) is 4. The minimum Gasteiger partial charge on any atom is -0.459 e. The van der Waals surface area contributed by atoms with Crippen molar-refractivity contribution in [3.63, 3.8) is 0 Å². The second-order valence-corrected chi connectivity index (χ2v) is 5.00. The van der Waals surface area contributed by atoms with Gasteiger partial charge in [0.25, 0.3) is 0 Å². The number of nitrogens with one attached hydrogen (secondary N) is 1. The number of ether oxygens (including phenoxy) is 1. The number of esters is 1. The molecular weight excluding hydrogens is 228 g/mol. The highest BCUT2D eigenvalue weighted by atomic mass is 16.5. The summed E-state index contributed by atoms with van der Waals surface area (Å²) in [7, 11) is 0. The Balaban J connectivity index is 1.97. The van der Waals surface area contributed by atoms with Crippen LogP contribution >= 0.6 is 0 Å². The summed E-state index contributed by atoms with van der Waals surface area (Å²) in [5, 5.41) is 2.12. The van der Waals surface area contributed by atoms with Crippen molar-refractivity contribution in [2.45, 2.75) is 44.9 Å². The van der Waals surface area contributed by atoms with Gasteiger partial charge in [0.1, 0.15) is 12.1 Å². The second kappa shape index (κ2) is 4.28. The van der Waals surface area contributed by atoms with E-state index in [1.807, 2.05) is 19.9 Å². The van der Waals surface area contributed by atoms with Crippen LogP contribution < -0.4 is 10.4 Å². The van der Waals surface area contributed by atoms with E-state index in [0.29, 0.717) is 0 Å². The Morgan fingerprint density at radius 2 is 2.22 bits per heavy atom. The summed E-state index contributed by atoms with van der Waals surface area (Å²) in [5.41, 5.74) is 5.81. The van der Waals surface area contributed by atoms with Gasteiger partial charge in [-0.15, -0.1) is 0 Å². The summed E-state index contributed by atoms with van der Waals surface area (Å²) >= 11 is 0. The fraction of sp³-hybridized carbons (Fsp3) is 0.500. The first-order valence-corrected chi connectivity index (χ1v) is 6.54. The number of cyclic esters (lactones) is 1. The zero-order chi connectivity index (χ0) is 12.7. The lowest BCUT2D eigenvalue weighted by Crippen LogP contribution is -2.50. The third-order valence-corrected chi connectivity index (χ3v) is 3.84. The van der Waals surface area contributed by atoms with E-state index < -0.39 is 0 Å². The van der Waals surface area contributed by atoms with Gasteiger partial charge in [-0.2, -0.15) is 0 Å². The minimum atomic E-state index is -0.247. The lowest BCUT2D eigenvalue weighted by atomic mass is 10.1. The molecule has 0 radical (unpaired) electrons. The number of fused-ring (bicyclic) bond motifs is 3. The zero-order valence-corrected chi connectivity index (χ0v) is 10.7. The standard InChI is InChI=1S/C14H18N2O2/c1-3-11-14(17)18-9(2)13-8-10-6-4-5-7-12(10)16(13)15-11/h4-7,9,11,13,15H,3,8H2,1-2H3/t9-,11+,13-/m0/s1. The first-order valence-electron chi connectivity index (χ1n) is 6.54. The van der Waals surface area contributed by atoms with Crippen molar-refractivity contribution < 1.29 is 9.53 Å². The first-order chi connectivity index (χ1) is 8.70. The maximum atomic E-state index is 11.9. The van der Waals surface area contributed by atoms with E-state index in [-0.39, 0.29) is 24.2 Å². The van der Waals surface area contributed by atoms with E-state index in [0.717, 1.165) is 12.8 Å². The Kier molecular flexibility index (Phi) is 2.74. The average Bonchev–Trinajstić information content (AvgIpc) is 2.69. The molecule has 0 amide bonds. The summed E-state index contributed by atoms with van der Waals surface area (Å²) < 4.78 is 5.52. The maximum Gasteiger partial charge on any atom is 0.325 e. The molecule has 0 aliphatic carbocycles. The predicted molar refractivity (Wildman–Crippen MR) is 69.2 cm³/mol. The van der Waals surface area contributed by atoms with Crippen LogP contribution in [0.2, 0.25) is 0 Å². The van der Waals surface area contributed by atoms with Crippen LogP contribution in [0.4, 0.5) is 5.69 Å². The minimum absolute atomic E-state index is 0.0889. The molecule has 0 saturated carbocycles. The molecule has 4 nitrogen and oxygen atoms in total. The van der Waals surface area contributed by atoms with Crippen molar-refractivity contribution in [3.05, 3.63) is 29.8 Å². The molecule has 2 heterocycles. The number of benzene rings is 1. The van der Waals surface area contributed by atoms with Gasteiger partial charge in [-0.3, -0.25) is 4.79 Å². The monoisotopic (exact) mass is 246 g/mol. The molecule has 2 aliphatic rings. The van der Waals surface area contributed by atoms with Gasteiger partial charge in [0.05, 0.1) is 11.7 Å². The number of hydrogen-bond donors (Lipinski definition) is 1. The van der Waals surface area contributed by atoms with Crippen molar-refractivity contribution in [1.82, 2.24) is 5.43 Å². The molecule has 1 saturated heterocycles. The molecule has 1 aromatic carbocycles. The Hall–Kier alpha value is -1.55. The van der Waals surface area contributed by atoms with Crippen LogP contribution in [0.3, 0.4) is 0 Å². The van der Waals surface area contributed by atoms with Crippen molar-refractivity contribution >= 4 is 11.7 Å². The van der Waals surface area contributed by atoms with Gasteiger partial charge in [0, 0.05) is 6.42 Å². The summed E-state index contributed by atoms with van der Waals surface area (Å²) in [6, 6.07) is 8.27. The third kappa shape index (κ3) is 1.68. The number of carbonyl (C=O) groups excluding carboxylic acids is 1. The number of hydrazine groups is 1. The maximum absolute atomic E-state index is 11.9. The molecule has 1 aromatic rings. The predicted octanol–water partition coefficient (Wildman–Crippen LogP) is 1.65. The van der Waals surface area contributed by atoms with E-state index >= 15 is 0 Å². The Labute approximate surface area is 107 Å². The van der Waals surface area contributed by atoms with E-state index in [9.17, 15) is 4.79 Å². The molecule has 1 N–H and O–H groups in total. The molecule has 2 aliphatic heterocycles. The molecule has 0 spiro atoms. The number of nitrogens with zero attached hydrogens (tertiary/aromatic N) is 1. The van der Waals surface area contributed by atoms with Gasteiger partial charge in [-0.1, -0.05) is 25.1 Å². The fourth-order valence-corrected chi connectivity index (χ4v) is 2.78. The Morgan fingerprint density at radius 1 is 1.44 bits per heavy atom. The molecule has 3 atom stereocenters. The summed E-state index contributed by atoms with van der Waals surface area (Å²) in [5.74, 6) is -0.142. The topological polar surface area (TPSA) is 41.6 Å².